The van der Waals surface area contributed by atoms with Crippen LogP contribution in [0, 0.1) is 5.92 Å². The summed E-state index contributed by atoms with van der Waals surface area (Å²) in [6, 6.07) is 0.643. The van der Waals surface area contributed by atoms with E-state index in [0.29, 0.717) is 0 Å². The third-order valence-corrected chi connectivity index (χ3v) is 4.44. The second-order valence-corrected chi connectivity index (χ2v) is 6.20. The first kappa shape index (κ1) is 15.2. The van der Waals surface area contributed by atoms with Crippen LogP contribution in [0.5, 0.6) is 0 Å². The lowest BCUT2D eigenvalue weighted by Crippen LogP contribution is -2.38. The summed E-state index contributed by atoms with van der Waals surface area (Å²) in [6.45, 7) is 3.23. The van der Waals surface area contributed by atoms with Crippen LogP contribution < -0.4 is 10.3 Å². The molecule has 0 aliphatic heterocycles. The van der Waals surface area contributed by atoms with Gasteiger partial charge in [0.1, 0.15) is 5.02 Å². The largest absolute Gasteiger partial charge is 0.396 e. The van der Waals surface area contributed by atoms with E-state index < -0.39 is 21.6 Å². The molecular weight excluding hydrogens is 280 g/mol. The van der Waals surface area contributed by atoms with Gasteiger partial charge in [0.15, 0.2) is 0 Å². The third kappa shape index (κ3) is 3.55. The molecule has 0 saturated carbocycles. The molecule has 0 aromatic carbocycles. The van der Waals surface area contributed by atoms with Crippen LogP contribution in [0.2, 0.25) is 5.02 Å². The van der Waals surface area contributed by atoms with E-state index >= 15 is 0 Å². The van der Waals surface area contributed by atoms with E-state index in [1.807, 2.05) is 0 Å². The summed E-state index contributed by atoms with van der Waals surface area (Å²) in [6.07, 6.45) is 1.08. The van der Waals surface area contributed by atoms with E-state index in [0.717, 1.165) is 12.3 Å². The number of aliphatic hydroxyl groups excluding tert-OH is 1. The molecule has 0 bridgehead atoms. The van der Waals surface area contributed by atoms with Crippen molar-refractivity contribution in [3.63, 3.8) is 0 Å². The van der Waals surface area contributed by atoms with Crippen LogP contribution in [0.15, 0.2) is 22.0 Å². The molecule has 0 radical (unpaired) electrons. The van der Waals surface area contributed by atoms with E-state index in [4.69, 9.17) is 16.7 Å². The van der Waals surface area contributed by atoms with E-state index in [9.17, 15) is 13.2 Å². The lowest BCUT2D eigenvalue weighted by Gasteiger charge is -2.19. The maximum atomic E-state index is 12.0. The molecule has 102 valence electrons. The molecular formula is C10H15ClN2O4S. The maximum Gasteiger partial charge on any atom is 0.266 e. The van der Waals surface area contributed by atoms with Crippen molar-refractivity contribution in [2.45, 2.75) is 24.8 Å². The number of pyridine rings is 1. The minimum atomic E-state index is -3.77. The average molecular weight is 295 g/mol. The highest BCUT2D eigenvalue weighted by Gasteiger charge is 2.21. The van der Waals surface area contributed by atoms with E-state index in [1.165, 1.54) is 0 Å². The first-order valence-electron chi connectivity index (χ1n) is 5.29. The number of H-pyrrole nitrogens is 1. The predicted molar refractivity (Wildman–Crippen MR) is 68.1 cm³/mol. The van der Waals surface area contributed by atoms with Crippen LogP contribution in [0.3, 0.4) is 0 Å². The Kier molecular flexibility index (Phi) is 4.92. The third-order valence-electron chi connectivity index (χ3n) is 2.62. The smallest absolute Gasteiger partial charge is 0.266 e. The maximum absolute atomic E-state index is 12.0. The summed E-state index contributed by atoms with van der Waals surface area (Å²) in [7, 11) is -3.77. The molecule has 1 heterocycles. The summed E-state index contributed by atoms with van der Waals surface area (Å²) >= 11 is 5.57. The predicted octanol–water partition coefficient (Wildman–Crippen LogP) is 0.323. The number of aromatic amines is 1. The summed E-state index contributed by atoms with van der Waals surface area (Å²) in [4.78, 5) is 13.2. The minimum Gasteiger partial charge on any atom is -0.396 e. The Balaban J connectivity index is 3.00. The van der Waals surface area contributed by atoms with Gasteiger partial charge in [-0.25, -0.2) is 13.1 Å². The fraction of sp³-hybridized carbons (Fsp3) is 0.500. The van der Waals surface area contributed by atoms with Crippen molar-refractivity contribution >= 4 is 21.6 Å². The Morgan fingerprint density at radius 1 is 1.50 bits per heavy atom. The molecule has 0 spiro atoms. The van der Waals surface area contributed by atoms with Gasteiger partial charge in [-0.05, 0) is 18.9 Å². The second kappa shape index (κ2) is 5.83. The highest BCUT2D eigenvalue weighted by atomic mass is 35.5. The minimum absolute atomic E-state index is 0.121. The van der Waals surface area contributed by atoms with Crippen molar-refractivity contribution in [1.29, 1.82) is 0 Å². The monoisotopic (exact) mass is 294 g/mol. The average Bonchev–Trinajstić information content (AvgIpc) is 2.30. The first-order valence-corrected chi connectivity index (χ1v) is 7.15. The van der Waals surface area contributed by atoms with Crippen LogP contribution in [0.25, 0.3) is 0 Å². The Hall–Kier alpha value is -0.890. The van der Waals surface area contributed by atoms with E-state index in [-0.39, 0.29) is 22.4 Å². The number of nitrogens with one attached hydrogen (secondary N) is 2. The quantitative estimate of drug-likeness (QED) is 0.728. The molecule has 0 fully saturated rings. The highest BCUT2D eigenvalue weighted by Crippen LogP contribution is 2.12. The van der Waals surface area contributed by atoms with Gasteiger partial charge < -0.3 is 10.1 Å². The first-order chi connectivity index (χ1) is 8.27. The van der Waals surface area contributed by atoms with Crippen LogP contribution in [-0.4, -0.2) is 31.2 Å². The number of rotatable bonds is 5. The van der Waals surface area contributed by atoms with Crippen molar-refractivity contribution in [2.24, 2.45) is 5.92 Å². The molecule has 1 aromatic rings. The molecule has 0 saturated heterocycles. The van der Waals surface area contributed by atoms with E-state index in [2.05, 4.69) is 9.71 Å². The lowest BCUT2D eigenvalue weighted by atomic mass is 10.1. The number of hydrogen-bond donors (Lipinski definition) is 3. The molecule has 3 N–H and O–H groups in total. The number of halogens is 1. The van der Waals surface area contributed by atoms with Crippen LogP contribution in [-0.2, 0) is 10.0 Å². The van der Waals surface area contributed by atoms with E-state index in [1.54, 1.807) is 13.8 Å². The van der Waals surface area contributed by atoms with Gasteiger partial charge >= 0.3 is 0 Å². The number of hydrogen-bond acceptors (Lipinski definition) is 4. The van der Waals surface area contributed by atoms with Crippen molar-refractivity contribution in [2.75, 3.05) is 6.61 Å². The summed E-state index contributed by atoms with van der Waals surface area (Å²) < 4.78 is 26.3. The number of aliphatic hydroxyl groups is 1. The molecule has 2 unspecified atom stereocenters. The van der Waals surface area contributed by atoms with Crippen molar-refractivity contribution in [1.82, 2.24) is 9.71 Å². The zero-order valence-electron chi connectivity index (χ0n) is 9.97. The number of sulfonamides is 1. The standard InChI is InChI=1S/C10H15ClN2O4S/c1-6(5-14)7(2)13-18(16,17)8-3-9(11)10(15)12-4-8/h3-4,6-7,13-14H,5H2,1-2H3,(H,12,15). The summed E-state index contributed by atoms with van der Waals surface area (Å²) in [5.41, 5.74) is -0.549. The molecule has 0 aliphatic carbocycles. The Morgan fingerprint density at radius 3 is 2.61 bits per heavy atom. The molecule has 1 aromatic heterocycles. The van der Waals surface area contributed by atoms with Crippen molar-refractivity contribution < 1.29 is 13.5 Å². The van der Waals surface area contributed by atoms with Gasteiger partial charge in [-0.2, -0.15) is 0 Å². The van der Waals surface area contributed by atoms with Gasteiger partial charge in [0.2, 0.25) is 10.0 Å². The van der Waals surface area contributed by atoms with Gasteiger partial charge in [-0.3, -0.25) is 4.79 Å². The highest BCUT2D eigenvalue weighted by molar-refractivity contribution is 7.89. The Morgan fingerprint density at radius 2 is 2.11 bits per heavy atom. The summed E-state index contributed by atoms with van der Waals surface area (Å²) in [5.74, 6) is -0.224. The molecule has 6 nitrogen and oxygen atoms in total. The lowest BCUT2D eigenvalue weighted by molar-refractivity contribution is 0.216. The Bertz CT molecular complexity index is 569. The molecule has 8 heteroatoms. The van der Waals surface area contributed by atoms with Gasteiger partial charge in [0.25, 0.3) is 5.56 Å². The topological polar surface area (TPSA) is 99.3 Å². The van der Waals surface area contributed by atoms with Crippen LogP contribution in [0.4, 0.5) is 0 Å². The van der Waals surface area contributed by atoms with Crippen LogP contribution >= 0.6 is 11.6 Å². The van der Waals surface area contributed by atoms with Gasteiger partial charge in [-0.15, -0.1) is 0 Å². The SMILES string of the molecule is CC(CO)C(C)NS(=O)(=O)c1c[nH]c(=O)c(Cl)c1. The summed E-state index contributed by atoms with van der Waals surface area (Å²) in [5, 5.41) is 8.76. The number of aromatic nitrogens is 1. The molecule has 0 aliphatic rings. The molecule has 0 amide bonds. The zero-order valence-corrected chi connectivity index (χ0v) is 11.5. The van der Waals surface area contributed by atoms with Gasteiger partial charge in [0.05, 0.1) is 4.90 Å². The molecule has 18 heavy (non-hydrogen) atoms. The Labute approximate surface area is 110 Å². The van der Waals surface area contributed by atoms with Crippen molar-refractivity contribution in [3.05, 3.63) is 27.6 Å². The molecule has 1 rings (SSSR count). The fourth-order valence-corrected chi connectivity index (χ4v) is 2.76. The van der Waals surface area contributed by atoms with Gasteiger partial charge in [0, 0.05) is 18.8 Å². The van der Waals surface area contributed by atoms with Gasteiger partial charge in [-0.1, -0.05) is 18.5 Å². The zero-order chi connectivity index (χ0) is 13.9. The second-order valence-electron chi connectivity index (χ2n) is 4.08. The van der Waals surface area contributed by atoms with Crippen molar-refractivity contribution in [3.8, 4) is 0 Å². The van der Waals surface area contributed by atoms with Crippen LogP contribution in [0.1, 0.15) is 13.8 Å². The molecule has 2 atom stereocenters. The fourth-order valence-electron chi connectivity index (χ4n) is 1.18. The normalized spacial score (nSPS) is 15.3.